The Labute approximate surface area is 148 Å². The van der Waals surface area contributed by atoms with Crippen molar-refractivity contribution in [3.8, 4) is 0 Å². The minimum Gasteiger partial charge on any atom is -0.380 e. The number of hydrogen-bond donors (Lipinski definition) is 2. The van der Waals surface area contributed by atoms with Gasteiger partial charge in [0, 0.05) is 18.5 Å². The van der Waals surface area contributed by atoms with E-state index >= 15 is 0 Å². The standard InChI is InChI=1S/C18H26N4OS/c1-5-19-18(21-11-17-22-13(2)14(3)24-17)20-10-15-6-8-16(9-7-15)12-23-4/h6-9H,5,10-12H2,1-4H3,(H2,19,20,21). The summed E-state index contributed by atoms with van der Waals surface area (Å²) in [5.41, 5.74) is 3.45. The molecule has 0 aliphatic carbocycles. The van der Waals surface area contributed by atoms with Gasteiger partial charge in [0.15, 0.2) is 5.96 Å². The van der Waals surface area contributed by atoms with Gasteiger partial charge in [0.25, 0.3) is 0 Å². The number of ether oxygens (including phenoxy) is 1. The number of nitrogens with zero attached hydrogens (tertiary/aromatic N) is 2. The van der Waals surface area contributed by atoms with Gasteiger partial charge in [0.05, 0.1) is 25.4 Å². The van der Waals surface area contributed by atoms with Crippen LogP contribution >= 0.6 is 11.3 Å². The monoisotopic (exact) mass is 346 g/mol. The van der Waals surface area contributed by atoms with Crippen LogP contribution in [0.1, 0.15) is 33.6 Å². The van der Waals surface area contributed by atoms with Crippen molar-refractivity contribution < 1.29 is 4.74 Å². The Kier molecular flexibility index (Phi) is 7.21. The highest BCUT2D eigenvalue weighted by Gasteiger charge is 2.05. The number of aliphatic imine (C=N–C) groups is 1. The molecule has 0 aliphatic heterocycles. The fourth-order valence-electron chi connectivity index (χ4n) is 2.19. The van der Waals surface area contributed by atoms with Crippen molar-refractivity contribution in [2.24, 2.45) is 4.99 Å². The van der Waals surface area contributed by atoms with Crippen LogP contribution in [0.2, 0.25) is 0 Å². The lowest BCUT2D eigenvalue weighted by Gasteiger charge is -2.10. The summed E-state index contributed by atoms with van der Waals surface area (Å²) in [6, 6.07) is 8.34. The Morgan fingerprint density at radius 1 is 1.17 bits per heavy atom. The first kappa shape index (κ1) is 18.4. The predicted octanol–water partition coefficient (Wildman–Crippen LogP) is 3.16. The Balaban J connectivity index is 1.94. The van der Waals surface area contributed by atoms with E-state index < -0.39 is 0 Å². The summed E-state index contributed by atoms with van der Waals surface area (Å²) in [6.45, 7) is 9.00. The highest BCUT2D eigenvalue weighted by molar-refractivity contribution is 7.11. The second-order valence-electron chi connectivity index (χ2n) is 5.55. The molecule has 0 amide bonds. The van der Waals surface area contributed by atoms with E-state index in [0.717, 1.165) is 23.2 Å². The number of rotatable bonds is 7. The van der Waals surface area contributed by atoms with E-state index in [0.29, 0.717) is 19.7 Å². The summed E-state index contributed by atoms with van der Waals surface area (Å²) in [7, 11) is 1.71. The van der Waals surface area contributed by atoms with Gasteiger partial charge in [0.2, 0.25) is 0 Å². The summed E-state index contributed by atoms with van der Waals surface area (Å²) in [5.74, 6) is 0.809. The van der Waals surface area contributed by atoms with Crippen LogP contribution in [0.4, 0.5) is 0 Å². The maximum absolute atomic E-state index is 5.13. The van der Waals surface area contributed by atoms with Crippen LogP contribution in [0.15, 0.2) is 29.3 Å². The van der Waals surface area contributed by atoms with E-state index in [1.54, 1.807) is 18.4 Å². The minimum atomic E-state index is 0.637. The molecular formula is C18H26N4OS. The average Bonchev–Trinajstić information content (AvgIpc) is 2.90. The quantitative estimate of drug-likeness (QED) is 0.597. The van der Waals surface area contributed by atoms with Crippen LogP contribution in [0.25, 0.3) is 0 Å². The largest absolute Gasteiger partial charge is 0.380 e. The molecule has 0 saturated carbocycles. The van der Waals surface area contributed by atoms with Crippen LogP contribution in [-0.4, -0.2) is 24.6 Å². The molecule has 0 radical (unpaired) electrons. The molecule has 2 N–H and O–H groups in total. The molecule has 1 heterocycles. The second-order valence-corrected chi connectivity index (χ2v) is 6.84. The van der Waals surface area contributed by atoms with Gasteiger partial charge in [0.1, 0.15) is 5.01 Å². The molecule has 0 bridgehead atoms. The van der Waals surface area contributed by atoms with E-state index in [1.165, 1.54) is 16.0 Å². The third-order valence-electron chi connectivity index (χ3n) is 3.58. The van der Waals surface area contributed by atoms with Crippen LogP contribution in [0, 0.1) is 13.8 Å². The Hall–Kier alpha value is -1.92. The van der Waals surface area contributed by atoms with Crippen molar-refractivity contribution in [3.63, 3.8) is 0 Å². The SMILES string of the molecule is CCNC(=NCc1ccc(COC)cc1)NCc1nc(C)c(C)s1. The van der Waals surface area contributed by atoms with Gasteiger partial charge >= 0.3 is 0 Å². The zero-order chi connectivity index (χ0) is 17.4. The first-order valence-corrected chi connectivity index (χ1v) is 8.95. The maximum Gasteiger partial charge on any atom is 0.191 e. The van der Waals surface area contributed by atoms with Gasteiger partial charge in [-0.15, -0.1) is 11.3 Å². The van der Waals surface area contributed by atoms with E-state index in [-0.39, 0.29) is 0 Å². The number of guanidine groups is 1. The number of benzene rings is 1. The maximum atomic E-state index is 5.13. The van der Waals surface area contributed by atoms with Crippen molar-refractivity contribution in [1.82, 2.24) is 15.6 Å². The number of hydrogen-bond acceptors (Lipinski definition) is 4. The molecule has 24 heavy (non-hydrogen) atoms. The summed E-state index contributed by atoms with van der Waals surface area (Å²) < 4.78 is 5.13. The first-order chi connectivity index (χ1) is 11.6. The summed E-state index contributed by atoms with van der Waals surface area (Å²) in [6.07, 6.45) is 0. The van der Waals surface area contributed by atoms with Crippen molar-refractivity contribution in [3.05, 3.63) is 51.0 Å². The second kappa shape index (κ2) is 9.39. The lowest BCUT2D eigenvalue weighted by molar-refractivity contribution is 0.185. The topological polar surface area (TPSA) is 58.5 Å². The van der Waals surface area contributed by atoms with Crippen molar-refractivity contribution in [1.29, 1.82) is 0 Å². The molecule has 0 unspecified atom stereocenters. The molecule has 0 aliphatic rings. The first-order valence-electron chi connectivity index (χ1n) is 8.14. The molecule has 1 aromatic heterocycles. The Morgan fingerprint density at radius 3 is 2.46 bits per heavy atom. The van der Waals surface area contributed by atoms with Gasteiger partial charge in [-0.3, -0.25) is 0 Å². The molecule has 5 nitrogen and oxygen atoms in total. The molecule has 0 fully saturated rings. The number of methoxy groups -OCH3 is 1. The van der Waals surface area contributed by atoms with Crippen LogP contribution < -0.4 is 10.6 Å². The zero-order valence-corrected chi connectivity index (χ0v) is 15.7. The fourth-order valence-corrected chi connectivity index (χ4v) is 3.07. The number of thiazole rings is 1. The van der Waals surface area contributed by atoms with Crippen molar-refractivity contribution in [2.45, 2.75) is 40.5 Å². The van der Waals surface area contributed by atoms with Crippen LogP contribution in [0.3, 0.4) is 0 Å². The van der Waals surface area contributed by atoms with Crippen molar-refractivity contribution in [2.75, 3.05) is 13.7 Å². The molecule has 130 valence electrons. The van der Waals surface area contributed by atoms with Gasteiger partial charge in [-0.1, -0.05) is 24.3 Å². The van der Waals surface area contributed by atoms with Gasteiger partial charge < -0.3 is 15.4 Å². The molecule has 2 aromatic rings. The third kappa shape index (κ3) is 5.62. The Bertz CT molecular complexity index is 645. The van der Waals surface area contributed by atoms with Crippen molar-refractivity contribution >= 4 is 17.3 Å². The Morgan fingerprint density at radius 2 is 1.88 bits per heavy atom. The lowest BCUT2D eigenvalue weighted by Crippen LogP contribution is -2.36. The molecule has 0 spiro atoms. The van der Waals surface area contributed by atoms with E-state index in [1.807, 2.05) is 6.92 Å². The predicted molar refractivity (Wildman–Crippen MR) is 100 cm³/mol. The third-order valence-corrected chi connectivity index (χ3v) is 4.65. The van der Waals surface area contributed by atoms with Gasteiger partial charge in [-0.25, -0.2) is 9.98 Å². The summed E-state index contributed by atoms with van der Waals surface area (Å²) in [5, 5.41) is 7.70. The zero-order valence-electron chi connectivity index (χ0n) is 14.8. The van der Waals surface area contributed by atoms with E-state index in [4.69, 9.17) is 4.74 Å². The van der Waals surface area contributed by atoms with Gasteiger partial charge in [-0.2, -0.15) is 0 Å². The molecule has 6 heteroatoms. The van der Waals surface area contributed by atoms with Crippen LogP contribution in [0.5, 0.6) is 0 Å². The number of nitrogens with one attached hydrogen (secondary N) is 2. The fraction of sp³-hybridized carbons (Fsp3) is 0.444. The molecule has 0 saturated heterocycles. The lowest BCUT2D eigenvalue weighted by atomic mass is 10.1. The highest BCUT2D eigenvalue weighted by atomic mass is 32.1. The average molecular weight is 347 g/mol. The normalized spacial score (nSPS) is 11.6. The molecule has 2 rings (SSSR count). The highest BCUT2D eigenvalue weighted by Crippen LogP contribution is 2.15. The summed E-state index contributed by atoms with van der Waals surface area (Å²) >= 11 is 1.73. The number of aryl methyl sites for hydroxylation is 2. The molecular weight excluding hydrogens is 320 g/mol. The van der Waals surface area contributed by atoms with Crippen LogP contribution in [-0.2, 0) is 24.4 Å². The van der Waals surface area contributed by atoms with E-state index in [9.17, 15) is 0 Å². The smallest absolute Gasteiger partial charge is 0.191 e. The van der Waals surface area contributed by atoms with Gasteiger partial charge in [-0.05, 0) is 31.9 Å². The number of aromatic nitrogens is 1. The molecule has 1 aromatic carbocycles. The van der Waals surface area contributed by atoms with E-state index in [2.05, 4.69) is 58.7 Å². The summed E-state index contributed by atoms with van der Waals surface area (Å²) in [4.78, 5) is 10.5. The molecule has 0 atom stereocenters. The minimum absolute atomic E-state index is 0.637.